The van der Waals surface area contributed by atoms with Crippen LogP contribution in [-0.2, 0) is 24.0 Å². The van der Waals surface area contributed by atoms with E-state index in [0.29, 0.717) is 18.5 Å². The first kappa shape index (κ1) is 41.7. The largest absolute Gasteiger partial charge is 0.363 e. The van der Waals surface area contributed by atoms with Gasteiger partial charge in [-0.15, -0.1) is 0 Å². The van der Waals surface area contributed by atoms with Crippen LogP contribution in [0.4, 0.5) is 10.5 Å². The highest BCUT2D eigenvalue weighted by Crippen LogP contribution is 2.31. The number of carbonyl (C=O) groups is 7. The van der Waals surface area contributed by atoms with Gasteiger partial charge in [-0.1, -0.05) is 82.7 Å². The number of anilines is 1. The molecule has 3 fully saturated rings. The lowest BCUT2D eigenvalue weighted by atomic mass is 9.80. The maximum absolute atomic E-state index is 14.2. The number of rotatable bonds is 15. The van der Waals surface area contributed by atoms with Gasteiger partial charge in [-0.25, -0.2) is 9.78 Å². The number of hydrogen-bond donors (Lipinski definition) is 6. The van der Waals surface area contributed by atoms with Crippen LogP contribution < -0.4 is 32.3 Å². The summed E-state index contributed by atoms with van der Waals surface area (Å²) in [6.07, 6.45) is 11.3. The molecule has 1 aliphatic heterocycles. The smallest absolute Gasteiger partial charge is 0.321 e. The fourth-order valence-electron chi connectivity index (χ4n) is 8.14. The number of carbonyl (C=O) groups excluding carboxylic acids is 7. The molecule has 2 aliphatic carbocycles. The zero-order valence-corrected chi connectivity index (χ0v) is 32.9. The van der Waals surface area contributed by atoms with Gasteiger partial charge in [0, 0.05) is 31.2 Å². The first-order chi connectivity index (χ1) is 27.9. The number of aromatic nitrogens is 2. The Bertz CT molecular complexity index is 2000. The topological polar surface area (TPSA) is 235 Å². The van der Waals surface area contributed by atoms with Gasteiger partial charge < -0.3 is 37.2 Å². The van der Waals surface area contributed by atoms with Crippen LogP contribution in [0.1, 0.15) is 82.1 Å². The Balaban J connectivity index is 1.20. The van der Waals surface area contributed by atoms with E-state index in [9.17, 15) is 33.6 Å². The molecular formula is C42H53N9O7. The average molecular weight is 796 g/mol. The lowest BCUT2D eigenvalue weighted by Gasteiger charge is -2.32. The van der Waals surface area contributed by atoms with E-state index in [1.54, 1.807) is 19.9 Å². The van der Waals surface area contributed by atoms with Crippen molar-refractivity contribution in [2.24, 2.45) is 29.4 Å². The number of likely N-dealkylation sites (tertiary alicyclic amines) is 1. The van der Waals surface area contributed by atoms with Crippen molar-refractivity contribution >= 4 is 57.8 Å². The van der Waals surface area contributed by atoms with E-state index < -0.39 is 77.4 Å². The lowest BCUT2D eigenvalue weighted by Crippen LogP contribution is -2.59. The molecule has 0 bridgehead atoms. The molecule has 16 heteroatoms. The Kier molecular flexibility index (Phi) is 13.7. The summed E-state index contributed by atoms with van der Waals surface area (Å²) in [4.78, 5) is 104. The van der Waals surface area contributed by atoms with Crippen molar-refractivity contribution in [3.05, 3.63) is 66.7 Å². The van der Waals surface area contributed by atoms with Crippen LogP contribution in [0.2, 0.25) is 0 Å². The first-order valence-electron chi connectivity index (χ1n) is 20.2. The zero-order chi connectivity index (χ0) is 41.3. The van der Waals surface area contributed by atoms with Gasteiger partial charge in [0.25, 0.3) is 11.8 Å². The minimum atomic E-state index is -1.16. The molecule has 2 saturated carbocycles. The molecule has 3 aliphatic rings. The predicted octanol–water partition coefficient (Wildman–Crippen LogP) is 2.83. The molecule has 2 aromatic carbocycles. The molecule has 308 valence electrons. The molecule has 0 spiro atoms. The number of fused-ring (bicyclic) bond motifs is 1. The third kappa shape index (κ3) is 10.3. The second-order valence-electron chi connectivity index (χ2n) is 16.1. The van der Waals surface area contributed by atoms with Crippen molar-refractivity contribution < 1.29 is 33.6 Å². The molecule has 5 atom stereocenters. The number of ketones is 1. The second kappa shape index (κ2) is 19.0. The summed E-state index contributed by atoms with van der Waals surface area (Å²) >= 11 is 0. The Labute approximate surface area is 337 Å². The van der Waals surface area contributed by atoms with Crippen LogP contribution in [-0.4, -0.2) is 93.5 Å². The van der Waals surface area contributed by atoms with Gasteiger partial charge in [0.15, 0.2) is 0 Å². The fraction of sp³-hybridized carbons (Fsp3) is 0.500. The van der Waals surface area contributed by atoms with Crippen molar-refractivity contribution in [3.63, 3.8) is 0 Å². The van der Waals surface area contributed by atoms with Crippen molar-refractivity contribution in [2.75, 3.05) is 18.4 Å². The van der Waals surface area contributed by atoms with Gasteiger partial charge in [0.05, 0.1) is 24.2 Å². The minimum absolute atomic E-state index is 0.0569. The number of nitrogens with zero attached hydrogens (tertiary/aromatic N) is 3. The van der Waals surface area contributed by atoms with Crippen LogP contribution in [0.5, 0.6) is 0 Å². The van der Waals surface area contributed by atoms with Crippen LogP contribution in [0.25, 0.3) is 10.8 Å². The Morgan fingerprint density at radius 3 is 2.22 bits per heavy atom. The Morgan fingerprint density at radius 2 is 1.57 bits per heavy atom. The molecule has 3 aromatic rings. The Hall–Kier alpha value is -5.93. The number of Topliss-reactive ketones (excluding diaryl/α,β-unsaturated/α-hetero) is 1. The number of nitrogens with one attached hydrogen (secondary N) is 5. The van der Waals surface area contributed by atoms with E-state index in [-0.39, 0.29) is 37.0 Å². The summed E-state index contributed by atoms with van der Waals surface area (Å²) in [6.45, 7) is 3.34. The molecule has 7 amide bonds. The summed E-state index contributed by atoms with van der Waals surface area (Å²) in [5.41, 5.74) is 5.96. The molecule has 2 heterocycles. The maximum atomic E-state index is 14.2. The van der Waals surface area contributed by atoms with Crippen molar-refractivity contribution in [1.82, 2.24) is 36.1 Å². The molecule has 7 N–H and O–H groups in total. The summed E-state index contributed by atoms with van der Waals surface area (Å²) in [5.74, 6) is -5.85. The second-order valence-corrected chi connectivity index (χ2v) is 16.1. The molecule has 6 rings (SSSR count). The van der Waals surface area contributed by atoms with Crippen LogP contribution in [0.3, 0.4) is 0 Å². The monoisotopic (exact) mass is 795 g/mol. The van der Waals surface area contributed by atoms with E-state index in [0.717, 1.165) is 49.3 Å². The summed E-state index contributed by atoms with van der Waals surface area (Å²) in [5, 5.41) is 16.2. The lowest BCUT2D eigenvalue weighted by molar-refractivity contribution is -0.139. The van der Waals surface area contributed by atoms with E-state index in [1.165, 1.54) is 23.5 Å². The quantitative estimate of drug-likeness (QED) is 0.124. The van der Waals surface area contributed by atoms with Crippen molar-refractivity contribution in [2.45, 2.75) is 95.8 Å². The Morgan fingerprint density at radius 1 is 0.828 bits per heavy atom. The van der Waals surface area contributed by atoms with E-state index in [4.69, 9.17) is 5.73 Å². The molecule has 16 nitrogen and oxygen atoms in total. The highest BCUT2D eigenvalue weighted by Gasteiger charge is 2.44. The van der Waals surface area contributed by atoms with Gasteiger partial charge in [0.1, 0.15) is 17.8 Å². The number of nitrogens with two attached hydrogens (primary N) is 1. The molecular weight excluding hydrogens is 743 g/mol. The van der Waals surface area contributed by atoms with Crippen molar-refractivity contribution in [1.29, 1.82) is 0 Å². The summed E-state index contributed by atoms with van der Waals surface area (Å²) in [7, 11) is 0. The third-order valence-corrected chi connectivity index (χ3v) is 11.7. The zero-order valence-electron chi connectivity index (χ0n) is 32.9. The molecule has 1 saturated heterocycles. The van der Waals surface area contributed by atoms with E-state index >= 15 is 0 Å². The fourth-order valence-corrected chi connectivity index (χ4v) is 8.14. The first-order valence-corrected chi connectivity index (χ1v) is 20.2. The van der Waals surface area contributed by atoms with Crippen LogP contribution >= 0.6 is 0 Å². The number of amides is 7. The number of urea groups is 1. The maximum Gasteiger partial charge on any atom is 0.321 e. The molecule has 1 aromatic heterocycles. The number of hydrogen-bond acceptors (Lipinski definition) is 9. The van der Waals surface area contributed by atoms with Gasteiger partial charge in [0.2, 0.25) is 23.5 Å². The van der Waals surface area contributed by atoms with E-state index in [2.05, 4.69) is 36.6 Å². The number of primary amides is 1. The van der Waals surface area contributed by atoms with Gasteiger partial charge in [-0.2, -0.15) is 0 Å². The standard InChI is InChI=1S/C42H53N9O7/c1-24(2)34(49-41(57)35(27-12-4-3-5-13-27)50-39(55)32-21-44-17-18-45-32)40(56)48-33-23-51(42(58)46-29-16-15-26-11-6-7-14-28(26)20-29)22-30(33)38(54)47-31(36(52)37(43)53)19-25-9-8-10-25/h6-7,11,14-18,20-21,24-25,27,30-31,33-35H,3-5,8-10,12-13,19,22-23H2,1-2H3,(H2,43,53)(H,46,58)(H,47,54)(H,48,56)(H,49,57)(H,50,55)/t30-,31+,33+,34+,35+/m1/s1. The minimum Gasteiger partial charge on any atom is -0.363 e. The van der Waals surface area contributed by atoms with E-state index in [1.807, 2.05) is 36.4 Å². The number of benzene rings is 2. The normalized spacial score (nSPS) is 19.9. The van der Waals surface area contributed by atoms with Gasteiger partial charge in [-0.3, -0.25) is 33.8 Å². The molecule has 58 heavy (non-hydrogen) atoms. The molecule has 0 radical (unpaired) electrons. The summed E-state index contributed by atoms with van der Waals surface area (Å²) in [6, 6.07) is 8.55. The predicted molar refractivity (Wildman–Crippen MR) is 215 cm³/mol. The van der Waals surface area contributed by atoms with Crippen molar-refractivity contribution in [3.8, 4) is 0 Å². The van der Waals surface area contributed by atoms with Gasteiger partial charge >= 0.3 is 6.03 Å². The summed E-state index contributed by atoms with van der Waals surface area (Å²) < 4.78 is 0. The van der Waals surface area contributed by atoms with Gasteiger partial charge in [-0.05, 0) is 59.9 Å². The van der Waals surface area contributed by atoms with Crippen LogP contribution in [0, 0.1) is 23.7 Å². The highest BCUT2D eigenvalue weighted by molar-refractivity contribution is 6.37. The third-order valence-electron chi connectivity index (χ3n) is 11.7. The average Bonchev–Trinajstić information content (AvgIpc) is 3.63. The molecule has 0 unspecified atom stereocenters. The SMILES string of the molecule is CC(C)[C@H](NC(=O)[C@@H](NC(=O)c1cnccn1)C1CCCCC1)C(=O)N[C@H]1CN(C(=O)Nc2ccc3ccccc3c2)C[C@H]1C(=O)N[C@@H](CC1CCC1)C(=O)C(N)=O. The van der Waals surface area contributed by atoms with Crippen LogP contribution in [0.15, 0.2) is 61.1 Å². The highest BCUT2D eigenvalue weighted by atomic mass is 16.2.